The second-order valence-electron chi connectivity index (χ2n) is 8.09. The minimum absolute atomic E-state index is 0.0325. The molecule has 3 aromatic rings. The van der Waals surface area contributed by atoms with Gasteiger partial charge >= 0.3 is 0 Å². The number of rotatable bonds is 8. The molecule has 1 fully saturated rings. The Morgan fingerprint density at radius 2 is 1.91 bits per heavy atom. The van der Waals surface area contributed by atoms with E-state index in [0.717, 1.165) is 24.0 Å². The number of halogens is 2. The van der Waals surface area contributed by atoms with Crippen molar-refractivity contribution in [2.75, 3.05) is 43.9 Å². The van der Waals surface area contributed by atoms with E-state index in [0.29, 0.717) is 23.0 Å². The van der Waals surface area contributed by atoms with E-state index in [-0.39, 0.29) is 29.9 Å². The summed E-state index contributed by atoms with van der Waals surface area (Å²) >= 11 is 13.7. The maximum Gasteiger partial charge on any atom is 0.260 e. The van der Waals surface area contributed by atoms with Crippen LogP contribution >= 0.6 is 34.5 Å². The maximum absolute atomic E-state index is 12.9. The van der Waals surface area contributed by atoms with Crippen molar-refractivity contribution < 1.29 is 9.53 Å². The molecule has 2 N–H and O–H groups in total. The van der Waals surface area contributed by atoms with Crippen LogP contribution in [0.2, 0.25) is 9.36 Å². The predicted octanol–water partition coefficient (Wildman–Crippen LogP) is 3.55. The fourth-order valence-electron chi connectivity index (χ4n) is 4.04. The standard InChI is InChI=1S/C23H24Cl2N4O4S/c1-13-10-28(11-15-4-6-18(25)34-15)7-8-29(13)19(30)12-33-17-5-3-14(24)9-16(17)27-21-20(26-2)22(31)23(21)32/h3-6,9,13,26-27H,7-8,10-12H2,1-2H3/t13-/m1/s1. The van der Waals surface area contributed by atoms with Crippen LogP contribution in [-0.4, -0.2) is 55.0 Å². The van der Waals surface area contributed by atoms with Gasteiger partial charge in [-0.2, -0.15) is 0 Å². The molecule has 1 aromatic heterocycles. The molecule has 34 heavy (non-hydrogen) atoms. The van der Waals surface area contributed by atoms with Gasteiger partial charge in [-0.3, -0.25) is 19.3 Å². The minimum atomic E-state index is -0.622. The van der Waals surface area contributed by atoms with E-state index >= 15 is 0 Å². The fourth-order valence-corrected chi connectivity index (χ4v) is 5.34. The molecule has 1 atom stereocenters. The molecule has 0 aliphatic carbocycles. The maximum atomic E-state index is 12.9. The lowest BCUT2D eigenvalue weighted by molar-refractivity contribution is -0.137. The summed E-state index contributed by atoms with van der Waals surface area (Å²) in [5.41, 5.74) is -0.467. The highest BCUT2D eigenvalue weighted by Gasteiger charge is 2.28. The number of carbonyl (C=O) groups excluding carboxylic acids is 1. The van der Waals surface area contributed by atoms with Crippen LogP contribution in [-0.2, 0) is 11.3 Å². The van der Waals surface area contributed by atoms with Crippen LogP contribution in [0.5, 0.6) is 5.75 Å². The lowest BCUT2D eigenvalue weighted by atomic mass is 10.1. The van der Waals surface area contributed by atoms with Crippen molar-refractivity contribution in [1.82, 2.24) is 9.80 Å². The number of ether oxygens (including phenoxy) is 1. The zero-order valence-electron chi connectivity index (χ0n) is 18.7. The Morgan fingerprint density at radius 1 is 1.15 bits per heavy atom. The zero-order chi connectivity index (χ0) is 24.4. The van der Waals surface area contributed by atoms with Gasteiger partial charge in [0.05, 0.1) is 10.0 Å². The molecular formula is C23H24Cl2N4O4S. The first-order valence-corrected chi connectivity index (χ1v) is 12.3. The Bertz CT molecular complexity index is 1270. The quantitative estimate of drug-likeness (QED) is 0.437. The van der Waals surface area contributed by atoms with Gasteiger partial charge in [0.25, 0.3) is 16.8 Å². The highest BCUT2D eigenvalue weighted by atomic mass is 35.5. The molecule has 2 aromatic carbocycles. The number of hydrogen-bond donors (Lipinski definition) is 2. The fraction of sp³-hybridized carbons (Fsp3) is 0.348. The van der Waals surface area contributed by atoms with Crippen molar-refractivity contribution in [2.24, 2.45) is 0 Å². The van der Waals surface area contributed by atoms with E-state index in [1.54, 1.807) is 36.6 Å². The molecule has 0 saturated carbocycles. The Kier molecular flexibility index (Phi) is 7.47. The van der Waals surface area contributed by atoms with Gasteiger partial charge in [-0.1, -0.05) is 23.2 Å². The van der Waals surface area contributed by atoms with Crippen molar-refractivity contribution in [3.05, 3.63) is 65.0 Å². The number of carbonyl (C=O) groups is 1. The first-order chi connectivity index (χ1) is 16.3. The second-order valence-corrected chi connectivity index (χ2v) is 10.3. The van der Waals surface area contributed by atoms with Crippen LogP contribution in [0.25, 0.3) is 0 Å². The molecular weight excluding hydrogens is 499 g/mol. The number of piperazine rings is 1. The van der Waals surface area contributed by atoms with Gasteiger partial charge in [0.2, 0.25) is 0 Å². The van der Waals surface area contributed by atoms with E-state index in [4.69, 9.17) is 27.9 Å². The number of amides is 1. The van der Waals surface area contributed by atoms with Crippen LogP contribution in [0.15, 0.2) is 39.9 Å². The summed E-state index contributed by atoms with van der Waals surface area (Å²) in [5, 5.41) is 6.03. The number of thiophene rings is 1. The van der Waals surface area contributed by atoms with Crippen molar-refractivity contribution in [3.8, 4) is 5.75 Å². The molecule has 1 aliphatic heterocycles. The summed E-state index contributed by atoms with van der Waals surface area (Å²) in [6.45, 7) is 4.79. The lowest BCUT2D eigenvalue weighted by Crippen LogP contribution is -2.54. The van der Waals surface area contributed by atoms with Crippen LogP contribution in [0.4, 0.5) is 17.1 Å². The van der Waals surface area contributed by atoms with E-state index in [9.17, 15) is 14.4 Å². The molecule has 1 amide bonds. The first-order valence-electron chi connectivity index (χ1n) is 10.7. The monoisotopic (exact) mass is 522 g/mol. The van der Waals surface area contributed by atoms with Gasteiger partial charge < -0.3 is 20.3 Å². The average molecular weight is 523 g/mol. The molecule has 0 unspecified atom stereocenters. The normalized spacial score (nSPS) is 16.6. The average Bonchev–Trinajstić information content (AvgIpc) is 3.22. The molecule has 11 heteroatoms. The Balaban J connectivity index is 1.37. The largest absolute Gasteiger partial charge is 0.482 e. The van der Waals surface area contributed by atoms with Gasteiger partial charge in [0.1, 0.15) is 17.1 Å². The SMILES string of the molecule is CNc1c(Nc2cc(Cl)ccc2OCC(=O)N2CCN(Cc3ccc(Cl)s3)C[C@H]2C)c(=O)c1=O. The molecule has 4 rings (SSSR count). The third kappa shape index (κ3) is 5.22. The number of nitrogens with zero attached hydrogens (tertiary/aromatic N) is 2. The van der Waals surface area contributed by atoms with Crippen molar-refractivity contribution in [2.45, 2.75) is 19.5 Å². The molecule has 0 radical (unpaired) electrons. The molecule has 8 nitrogen and oxygen atoms in total. The zero-order valence-corrected chi connectivity index (χ0v) is 21.0. The number of hydrogen-bond acceptors (Lipinski definition) is 8. The summed E-state index contributed by atoms with van der Waals surface area (Å²) in [6, 6.07) is 8.79. The molecule has 0 spiro atoms. The summed E-state index contributed by atoms with van der Waals surface area (Å²) in [6.07, 6.45) is 0. The van der Waals surface area contributed by atoms with E-state index in [1.165, 1.54) is 4.88 Å². The van der Waals surface area contributed by atoms with Crippen molar-refractivity contribution in [3.63, 3.8) is 0 Å². The van der Waals surface area contributed by atoms with Crippen molar-refractivity contribution in [1.29, 1.82) is 0 Å². The third-order valence-corrected chi connectivity index (χ3v) is 7.20. The Morgan fingerprint density at radius 3 is 2.59 bits per heavy atom. The van der Waals surface area contributed by atoms with E-state index in [1.807, 2.05) is 24.0 Å². The molecule has 0 bridgehead atoms. The molecule has 1 aliphatic rings. The smallest absolute Gasteiger partial charge is 0.260 e. The minimum Gasteiger partial charge on any atom is -0.482 e. The molecule has 2 heterocycles. The number of anilines is 3. The predicted molar refractivity (Wildman–Crippen MR) is 137 cm³/mol. The summed E-state index contributed by atoms with van der Waals surface area (Å²) in [7, 11) is 1.56. The molecule has 1 saturated heterocycles. The molecule has 180 valence electrons. The number of benzene rings is 1. The Hall–Kier alpha value is -2.59. The van der Waals surface area contributed by atoms with Crippen LogP contribution in [0.3, 0.4) is 0 Å². The van der Waals surface area contributed by atoms with E-state index < -0.39 is 10.9 Å². The Labute approximate surface area is 210 Å². The summed E-state index contributed by atoms with van der Waals surface area (Å²) < 4.78 is 6.58. The van der Waals surface area contributed by atoms with Crippen LogP contribution < -0.4 is 26.2 Å². The highest BCUT2D eigenvalue weighted by Crippen LogP contribution is 2.32. The van der Waals surface area contributed by atoms with Gasteiger partial charge in [0.15, 0.2) is 6.61 Å². The van der Waals surface area contributed by atoms with Crippen molar-refractivity contribution >= 4 is 57.5 Å². The first kappa shape index (κ1) is 24.5. The van der Waals surface area contributed by atoms with Crippen LogP contribution in [0, 0.1) is 0 Å². The summed E-state index contributed by atoms with van der Waals surface area (Å²) in [4.78, 5) is 41.8. The second kappa shape index (κ2) is 10.4. The highest BCUT2D eigenvalue weighted by molar-refractivity contribution is 7.16. The van der Waals surface area contributed by atoms with Gasteiger partial charge in [-0.15, -0.1) is 11.3 Å². The van der Waals surface area contributed by atoms with Gasteiger partial charge in [0, 0.05) is 49.2 Å². The topological polar surface area (TPSA) is 91.0 Å². The number of nitrogens with one attached hydrogen (secondary N) is 2. The van der Waals surface area contributed by atoms with E-state index in [2.05, 4.69) is 15.5 Å². The van der Waals surface area contributed by atoms with Gasteiger partial charge in [-0.05, 0) is 37.3 Å². The van der Waals surface area contributed by atoms with Crippen LogP contribution in [0.1, 0.15) is 11.8 Å². The lowest BCUT2D eigenvalue weighted by Gasteiger charge is -2.39. The van der Waals surface area contributed by atoms with Gasteiger partial charge in [-0.25, -0.2) is 0 Å². The summed E-state index contributed by atoms with van der Waals surface area (Å²) in [5.74, 6) is 0.228. The third-order valence-electron chi connectivity index (χ3n) is 5.75.